The highest BCUT2D eigenvalue weighted by Gasteiger charge is 2.33. The molecule has 2 heterocycles. The minimum atomic E-state index is 0.227. The van der Waals surface area contributed by atoms with Gasteiger partial charge in [0.05, 0.1) is 26.4 Å². The van der Waals surface area contributed by atoms with Crippen molar-refractivity contribution in [3.8, 4) is 11.5 Å². The van der Waals surface area contributed by atoms with E-state index in [9.17, 15) is 0 Å². The van der Waals surface area contributed by atoms with Gasteiger partial charge in [-0.1, -0.05) is 123 Å². The predicted molar refractivity (Wildman–Crippen MR) is 188 cm³/mol. The quantitative estimate of drug-likeness (QED) is 0.117. The molecule has 1 fully saturated rings. The summed E-state index contributed by atoms with van der Waals surface area (Å²) in [5, 5.41) is 0. The number of unbranched alkanes of at least 4 members (excludes halogenated alkanes) is 7. The van der Waals surface area contributed by atoms with E-state index in [4.69, 9.17) is 14.2 Å². The summed E-state index contributed by atoms with van der Waals surface area (Å²) in [6, 6.07) is 37.2. The molecule has 0 aromatic heterocycles. The smallest absolute Gasteiger partial charge is 0.123 e. The lowest BCUT2D eigenvalue weighted by atomic mass is 9.75. The topological polar surface area (TPSA) is 30.9 Å². The largest absolute Gasteiger partial charge is 0.494 e. The maximum atomic E-state index is 6.45. The van der Waals surface area contributed by atoms with Gasteiger partial charge in [0.1, 0.15) is 11.5 Å². The molecule has 46 heavy (non-hydrogen) atoms. The third-order valence-electron chi connectivity index (χ3n) is 9.69. The fourth-order valence-corrected chi connectivity index (χ4v) is 7.08. The first kappa shape index (κ1) is 32.3. The average Bonchev–Trinajstić information content (AvgIpc) is 3.11. The Bertz CT molecular complexity index is 1430. The van der Waals surface area contributed by atoms with Gasteiger partial charge in [-0.2, -0.15) is 0 Å². The highest BCUT2D eigenvalue weighted by Crippen LogP contribution is 2.46. The van der Waals surface area contributed by atoms with E-state index in [1.807, 2.05) is 0 Å². The molecule has 0 bridgehead atoms. The number of hydrogen-bond donors (Lipinski definition) is 0. The Morgan fingerprint density at radius 3 is 2.04 bits per heavy atom. The highest BCUT2D eigenvalue weighted by molar-refractivity contribution is 5.50. The van der Waals surface area contributed by atoms with E-state index in [0.29, 0.717) is 6.61 Å². The van der Waals surface area contributed by atoms with Crippen LogP contribution in [-0.2, 0) is 11.2 Å². The molecule has 0 N–H and O–H groups in total. The molecule has 4 nitrogen and oxygen atoms in total. The molecule has 0 radical (unpaired) electrons. The van der Waals surface area contributed by atoms with Gasteiger partial charge in [0.2, 0.25) is 0 Å². The molecule has 0 amide bonds. The van der Waals surface area contributed by atoms with Crippen molar-refractivity contribution in [2.75, 3.05) is 46.1 Å². The van der Waals surface area contributed by atoms with Gasteiger partial charge >= 0.3 is 0 Å². The molecule has 242 valence electrons. The van der Waals surface area contributed by atoms with E-state index in [2.05, 4.69) is 108 Å². The molecule has 0 saturated carbocycles. The molecule has 4 heteroatoms. The average molecular weight is 618 g/mol. The van der Waals surface area contributed by atoms with Crippen molar-refractivity contribution in [1.82, 2.24) is 4.90 Å². The minimum absolute atomic E-state index is 0.227. The highest BCUT2D eigenvalue weighted by atomic mass is 16.5. The molecule has 0 spiro atoms. The standard InChI is InChI=1S/C42H51NO3/c1(3-5-13-25-43-26-29-44-30-27-43)2-4-6-14-28-45-38-22-20-37(21-23-38)42-39-24-19-35(31-34-15-9-7-10-16-34)32-41(39)46-33-40(42)36-17-11-8-12-18-36/h7-12,15-24,32,40,42H,1-6,13-14,25-31,33H2/t40-,42-/m0/s1. The van der Waals surface area contributed by atoms with Crippen LogP contribution in [-0.4, -0.2) is 51.0 Å². The van der Waals surface area contributed by atoms with Crippen LogP contribution in [0.25, 0.3) is 0 Å². The lowest BCUT2D eigenvalue weighted by molar-refractivity contribution is 0.0371. The SMILES string of the molecule is c1ccc(Cc2ccc3c(c2)OC[C@@H](c2ccccc2)[C@H]3c2ccc(OCCCCCCCCCCN3CCOCC3)cc2)cc1. The second kappa shape index (κ2) is 17.4. The summed E-state index contributed by atoms with van der Waals surface area (Å²) in [4.78, 5) is 2.55. The van der Waals surface area contributed by atoms with E-state index in [1.165, 1.54) is 79.3 Å². The molecule has 4 aromatic rings. The summed E-state index contributed by atoms with van der Waals surface area (Å²) < 4.78 is 18.1. The maximum Gasteiger partial charge on any atom is 0.123 e. The molecule has 2 atom stereocenters. The summed E-state index contributed by atoms with van der Waals surface area (Å²) in [5.74, 6) is 2.46. The van der Waals surface area contributed by atoms with Crippen molar-refractivity contribution in [2.24, 2.45) is 0 Å². The van der Waals surface area contributed by atoms with E-state index in [0.717, 1.165) is 57.3 Å². The van der Waals surface area contributed by atoms with Gasteiger partial charge in [0.15, 0.2) is 0 Å². The van der Waals surface area contributed by atoms with Gasteiger partial charge in [-0.3, -0.25) is 4.90 Å². The number of rotatable bonds is 16. The van der Waals surface area contributed by atoms with Crippen LogP contribution in [0.4, 0.5) is 0 Å². The molecule has 1 saturated heterocycles. The van der Waals surface area contributed by atoms with Crippen molar-refractivity contribution in [3.05, 3.63) is 131 Å². The molecule has 2 aliphatic heterocycles. The molecule has 2 aliphatic rings. The normalized spacial score (nSPS) is 18.1. The molecule has 4 aromatic carbocycles. The fourth-order valence-electron chi connectivity index (χ4n) is 7.08. The van der Waals surface area contributed by atoms with Crippen LogP contribution < -0.4 is 9.47 Å². The van der Waals surface area contributed by atoms with Gasteiger partial charge in [-0.05, 0) is 66.3 Å². The van der Waals surface area contributed by atoms with Gasteiger partial charge in [-0.15, -0.1) is 0 Å². The van der Waals surface area contributed by atoms with Crippen molar-refractivity contribution < 1.29 is 14.2 Å². The molecular formula is C42H51NO3. The number of fused-ring (bicyclic) bond motifs is 1. The van der Waals surface area contributed by atoms with Gasteiger partial charge in [0.25, 0.3) is 0 Å². The zero-order valence-electron chi connectivity index (χ0n) is 27.5. The second-order valence-corrected chi connectivity index (χ2v) is 13.0. The van der Waals surface area contributed by atoms with Crippen molar-refractivity contribution >= 4 is 0 Å². The van der Waals surface area contributed by atoms with Crippen LogP contribution in [0.5, 0.6) is 11.5 Å². The van der Waals surface area contributed by atoms with Crippen molar-refractivity contribution in [1.29, 1.82) is 0 Å². The van der Waals surface area contributed by atoms with Crippen molar-refractivity contribution in [3.63, 3.8) is 0 Å². The summed E-state index contributed by atoms with van der Waals surface area (Å²) >= 11 is 0. The lowest BCUT2D eigenvalue weighted by Crippen LogP contribution is -2.36. The number of benzene rings is 4. The first-order chi connectivity index (χ1) is 22.8. The lowest BCUT2D eigenvalue weighted by Gasteiger charge is -2.35. The first-order valence-corrected chi connectivity index (χ1v) is 17.7. The van der Waals surface area contributed by atoms with Crippen LogP contribution in [0, 0.1) is 0 Å². The minimum Gasteiger partial charge on any atom is -0.494 e. The van der Waals surface area contributed by atoms with E-state index < -0.39 is 0 Å². The summed E-state index contributed by atoms with van der Waals surface area (Å²) in [5.41, 5.74) is 6.50. The zero-order chi connectivity index (χ0) is 31.2. The second-order valence-electron chi connectivity index (χ2n) is 13.0. The maximum absolute atomic E-state index is 6.45. The van der Waals surface area contributed by atoms with Crippen LogP contribution in [0.1, 0.15) is 91.0 Å². The number of hydrogen-bond acceptors (Lipinski definition) is 4. The first-order valence-electron chi connectivity index (χ1n) is 17.7. The van der Waals surface area contributed by atoms with Crippen LogP contribution >= 0.6 is 0 Å². The monoisotopic (exact) mass is 617 g/mol. The Balaban J connectivity index is 0.982. The van der Waals surface area contributed by atoms with Crippen LogP contribution in [0.2, 0.25) is 0 Å². The number of nitrogens with zero attached hydrogens (tertiary/aromatic N) is 1. The van der Waals surface area contributed by atoms with Crippen LogP contribution in [0.15, 0.2) is 103 Å². The zero-order valence-corrected chi connectivity index (χ0v) is 27.5. The number of morpholine rings is 1. The molecule has 0 unspecified atom stereocenters. The molecule has 6 rings (SSSR count). The Kier molecular flexibility index (Phi) is 12.2. The van der Waals surface area contributed by atoms with Gasteiger partial charge < -0.3 is 14.2 Å². The predicted octanol–water partition coefficient (Wildman–Crippen LogP) is 9.42. The Labute approximate surface area is 276 Å². The van der Waals surface area contributed by atoms with E-state index >= 15 is 0 Å². The molecule has 0 aliphatic carbocycles. The molecular weight excluding hydrogens is 566 g/mol. The Morgan fingerprint density at radius 2 is 1.30 bits per heavy atom. The summed E-state index contributed by atoms with van der Waals surface area (Å²) in [6.07, 6.45) is 11.3. The fraction of sp³-hybridized carbons (Fsp3) is 0.429. The Hall–Kier alpha value is -3.60. The summed E-state index contributed by atoms with van der Waals surface area (Å²) in [6.45, 7) is 6.75. The van der Waals surface area contributed by atoms with Crippen molar-refractivity contribution in [2.45, 2.75) is 69.6 Å². The van der Waals surface area contributed by atoms with Crippen LogP contribution in [0.3, 0.4) is 0 Å². The third-order valence-corrected chi connectivity index (χ3v) is 9.69. The van der Waals surface area contributed by atoms with Gasteiger partial charge in [-0.25, -0.2) is 0 Å². The third kappa shape index (κ3) is 9.24. The number of ether oxygens (including phenoxy) is 3. The van der Waals surface area contributed by atoms with E-state index in [1.54, 1.807) is 0 Å². The summed E-state index contributed by atoms with van der Waals surface area (Å²) in [7, 11) is 0. The Morgan fingerprint density at radius 1 is 0.630 bits per heavy atom. The van der Waals surface area contributed by atoms with E-state index in [-0.39, 0.29) is 11.8 Å². The van der Waals surface area contributed by atoms with Gasteiger partial charge in [0, 0.05) is 30.5 Å².